The Labute approximate surface area is 91.3 Å². The second-order valence-electron chi connectivity index (χ2n) is 2.92. The fraction of sp³-hybridized carbons (Fsp3) is 0.500. The highest BCUT2D eigenvalue weighted by atomic mass is 32.2. The van der Waals surface area contributed by atoms with Gasteiger partial charge in [-0.05, 0) is 13.8 Å². The van der Waals surface area contributed by atoms with Crippen molar-refractivity contribution in [3.63, 3.8) is 0 Å². The van der Waals surface area contributed by atoms with Crippen molar-refractivity contribution in [3.05, 3.63) is 23.3 Å². The topological polar surface area (TPSA) is 3.24 Å². The number of thioether (sulfide) groups is 1. The monoisotopic (exact) mass is 242 g/mol. The first-order chi connectivity index (χ1) is 6.75. The molecule has 0 saturated heterocycles. The molecule has 1 aliphatic rings. The van der Waals surface area contributed by atoms with E-state index in [0.29, 0.717) is 0 Å². The average molecular weight is 242 g/mol. The summed E-state index contributed by atoms with van der Waals surface area (Å²) in [6, 6.07) is 0. The molecule has 0 aliphatic carbocycles. The lowest BCUT2D eigenvalue weighted by molar-refractivity contribution is 0.368. The largest absolute Gasteiger partial charge is 0.673 e. The molecule has 1 nitrogen and oxygen atoms in total. The van der Waals surface area contributed by atoms with E-state index in [1.807, 2.05) is 17.8 Å². The summed E-state index contributed by atoms with van der Waals surface area (Å²) in [5.41, 5.74) is 1.41. The van der Waals surface area contributed by atoms with Crippen molar-refractivity contribution < 1.29 is 17.3 Å². The Morgan fingerprint density at radius 2 is 1.87 bits per heavy atom. The normalized spacial score (nSPS) is 16.3. The van der Waals surface area contributed by atoms with E-state index in [4.69, 9.17) is 0 Å². The van der Waals surface area contributed by atoms with Crippen LogP contribution >= 0.6 is 11.8 Å². The lowest BCUT2D eigenvalue weighted by atomic mass is 10.3. The van der Waals surface area contributed by atoms with Gasteiger partial charge in [-0.3, -0.25) is 0 Å². The summed E-state index contributed by atoms with van der Waals surface area (Å²) in [5.74, 6) is 1.10. The molecule has 1 aliphatic heterocycles. The summed E-state index contributed by atoms with van der Waals surface area (Å²) in [6.45, 7) is 9.03. The SMILES string of the molecule is C=CCN1CSC(C)=C1C.F[B-](F)(F)F. The summed E-state index contributed by atoms with van der Waals surface area (Å²) >= 11 is 1.91. The molecule has 0 unspecified atom stereocenters. The second kappa shape index (κ2) is 6.10. The number of nitrogens with zero attached hydrogens (tertiary/aromatic N) is 1. The number of hydrogen-bond acceptors (Lipinski definition) is 2. The average Bonchev–Trinajstić information content (AvgIpc) is 2.34. The van der Waals surface area contributed by atoms with Gasteiger partial charge in [0.2, 0.25) is 0 Å². The van der Waals surface area contributed by atoms with Gasteiger partial charge in [0.1, 0.15) is 0 Å². The van der Waals surface area contributed by atoms with Crippen molar-refractivity contribution in [1.29, 1.82) is 0 Å². The van der Waals surface area contributed by atoms with E-state index < -0.39 is 7.25 Å². The van der Waals surface area contributed by atoms with Crippen molar-refractivity contribution in [2.45, 2.75) is 13.8 Å². The fourth-order valence-electron chi connectivity index (χ4n) is 0.944. The molecule has 7 heteroatoms. The fourth-order valence-corrected chi connectivity index (χ4v) is 1.93. The van der Waals surface area contributed by atoms with Gasteiger partial charge in [0.15, 0.2) is 0 Å². The van der Waals surface area contributed by atoms with Crippen LogP contribution in [0.2, 0.25) is 0 Å². The van der Waals surface area contributed by atoms with Crippen molar-refractivity contribution in [3.8, 4) is 0 Å². The lowest BCUT2D eigenvalue weighted by Gasteiger charge is -2.15. The van der Waals surface area contributed by atoms with E-state index in [1.54, 1.807) is 0 Å². The predicted molar refractivity (Wildman–Crippen MR) is 57.9 cm³/mol. The first kappa shape index (κ1) is 14.4. The molecule has 0 N–H and O–H groups in total. The molecule has 0 atom stereocenters. The third kappa shape index (κ3) is 7.36. The summed E-state index contributed by atoms with van der Waals surface area (Å²) in [7, 11) is -6.00. The minimum Gasteiger partial charge on any atom is -0.418 e. The van der Waals surface area contributed by atoms with Gasteiger partial charge in [-0.25, -0.2) is 0 Å². The van der Waals surface area contributed by atoms with Crippen molar-refractivity contribution >= 4 is 19.0 Å². The van der Waals surface area contributed by atoms with Gasteiger partial charge in [-0.15, -0.1) is 18.3 Å². The number of rotatable bonds is 2. The van der Waals surface area contributed by atoms with Crippen LogP contribution in [0.25, 0.3) is 0 Å². The Morgan fingerprint density at radius 3 is 2.13 bits per heavy atom. The van der Waals surface area contributed by atoms with E-state index in [0.717, 1.165) is 12.4 Å². The molecule has 0 bridgehead atoms. The molecule has 1 heterocycles. The van der Waals surface area contributed by atoms with Crippen molar-refractivity contribution in [1.82, 2.24) is 4.90 Å². The highest BCUT2D eigenvalue weighted by molar-refractivity contribution is 8.03. The van der Waals surface area contributed by atoms with Crippen LogP contribution in [0.1, 0.15) is 13.8 Å². The third-order valence-corrected chi connectivity index (χ3v) is 2.94. The van der Waals surface area contributed by atoms with Crippen LogP contribution in [-0.4, -0.2) is 24.6 Å². The van der Waals surface area contributed by atoms with Crippen LogP contribution in [0.15, 0.2) is 23.3 Å². The van der Waals surface area contributed by atoms with Crippen LogP contribution in [0.5, 0.6) is 0 Å². The van der Waals surface area contributed by atoms with Gasteiger partial charge in [-0.1, -0.05) is 6.08 Å². The molecule has 0 aromatic heterocycles. The van der Waals surface area contributed by atoms with Crippen LogP contribution in [0, 0.1) is 0 Å². The number of hydrogen-bond donors (Lipinski definition) is 0. The molecule has 0 saturated carbocycles. The van der Waals surface area contributed by atoms with Gasteiger partial charge in [-0.2, -0.15) is 0 Å². The maximum absolute atomic E-state index is 9.75. The lowest BCUT2D eigenvalue weighted by Crippen LogP contribution is -2.16. The molecule has 15 heavy (non-hydrogen) atoms. The van der Waals surface area contributed by atoms with E-state index in [1.165, 1.54) is 10.6 Å². The molecule has 0 aromatic carbocycles. The van der Waals surface area contributed by atoms with Gasteiger partial charge >= 0.3 is 7.25 Å². The van der Waals surface area contributed by atoms with Crippen LogP contribution in [0.3, 0.4) is 0 Å². The molecule has 0 fully saturated rings. The second-order valence-corrected chi connectivity index (χ2v) is 4.08. The molecule has 0 aromatic rings. The molecular weight excluding hydrogens is 229 g/mol. The van der Waals surface area contributed by atoms with E-state index in [9.17, 15) is 17.3 Å². The molecule has 1 rings (SSSR count). The van der Waals surface area contributed by atoms with Gasteiger partial charge in [0.25, 0.3) is 0 Å². The van der Waals surface area contributed by atoms with Crippen LogP contribution in [-0.2, 0) is 0 Å². The maximum atomic E-state index is 9.75. The van der Waals surface area contributed by atoms with Crippen LogP contribution in [0.4, 0.5) is 17.3 Å². The number of allylic oxidation sites excluding steroid dienone is 2. The zero-order valence-electron chi connectivity index (χ0n) is 8.64. The first-order valence-electron chi connectivity index (χ1n) is 4.29. The Morgan fingerprint density at radius 1 is 1.40 bits per heavy atom. The Bertz CT molecular complexity index is 246. The Hall–Kier alpha value is -0.585. The van der Waals surface area contributed by atoms with Gasteiger partial charge in [0, 0.05) is 17.1 Å². The summed E-state index contributed by atoms with van der Waals surface area (Å²) in [6.07, 6.45) is 1.95. The number of halogens is 4. The predicted octanol–water partition coefficient (Wildman–Crippen LogP) is 3.73. The molecule has 0 amide bonds. The third-order valence-electron chi connectivity index (χ3n) is 1.77. The molecule has 0 spiro atoms. The minimum absolute atomic E-state index is 0.982. The Balaban J connectivity index is 0.000000336. The zero-order valence-corrected chi connectivity index (χ0v) is 9.46. The van der Waals surface area contributed by atoms with E-state index in [2.05, 4.69) is 25.3 Å². The first-order valence-corrected chi connectivity index (χ1v) is 5.27. The molecular formula is C8H13BF4NS-. The summed E-state index contributed by atoms with van der Waals surface area (Å²) in [5, 5.41) is 0. The Kier molecular flexibility index (Phi) is 5.86. The highest BCUT2D eigenvalue weighted by Gasteiger charge is 2.20. The molecule has 88 valence electrons. The van der Waals surface area contributed by atoms with Crippen LogP contribution < -0.4 is 0 Å². The van der Waals surface area contributed by atoms with E-state index in [-0.39, 0.29) is 0 Å². The summed E-state index contributed by atoms with van der Waals surface area (Å²) < 4.78 is 39.0. The minimum atomic E-state index is -6.00. The standard InChI is InChI=1S/C8H13NS.BF4/c1-4-5-9-6-10-8(3)7(9)2;2-1(3,4)5/h4H,1,5-6H2,2-3H3;/q;-1. The highest BCUT2D eigenvalue weighted by Crippen LogP contribution is 2.30. The van der Waals surface area contributed by atoms with Gasteiger partial charge in [0.05, 0.1) is 5.88 Å². The van der Waals surface area contributed by atoms with Crippen molar-refractivity contribution in [2.24, 2.45) is 0 Å². The van der Waals surface area contributed by atoms with E-state index >= 15 is 0 Å². The van der Waals surface area contributed by atoms with Gasteiger partial charge < -0.3 is 22.2 Å². The zero-order chi connectivity index (χ0) is 12.1. The smallest absolute Gasteiger partial charge is 0.418 e. The van der Waals surface area contributed by atoms with Crippen molar-refractivity contribution in [2.75, 3.05) is 12.4 Å². The maximum Gasteiger partial charge on any atom is 0.673 e. The summed E-state index contributed by atoms with van der Waals surface area (Å²) in [4.78, 5) is 3.77. The quantitative estimate of drug-likeness (QED) is 0.412. The molecule has 0 radical (unpaired) electrons.